The van der Waals surface area contributed by atoms with Gasteiger partial charge in [0.1, 0.15) is 5.75 Å². The molecule has 3 rings (SSSR count). The molecular formula is C19H22N2O4S. The van der Waals surface area contributed by atoms with Gasteiger partial charge in [-0.05, 0) is 56.2 Å². The number of carbonyl (C=O) groups is 1. The second-order valence-corrected chi connectivity index (χ2v) is 7.95. The van der Waals surface area contributed by atoms with E-state index in [2.05, 4.69) is 4.72 Å². The van der Waals surface area contributed by atoms with Gasteiger partial charge in [0.05, 0.1) is 17.2 Å². The number of amides is 1. The van der Waals surface area contributed by atoms with Crippen molar-refractivity contribution in [2.24, 2.45) is 0 Å². The Morgan fingerprint density at radius 3 is 2.69 bits per heavy atom. The molecule has 0 saturated carbocycles. The van der Waals surface area contributed by atoms with Crippen molar-refractivity contribution in [2.45, 2.75) is 38.1 Å². The number of carbonyl (C=O) groups excluding carboxylic acids is 1. The van der Waals surface area contributed by atoms with E-state index in [4.69, 9.17) is 4.74 Å². The SMILES string of the molecule is CCOc1ccccc1NS(=O)(=O)c1ccc2c(c1)C[C@H](C)N2C(C)=O. The smallest absolute Gasteiger partial charge is 0.262 e. The molecule has 0 aromatic heterocycles. The summed E-state index contributed by atoms with van der Waals surface area (Å²) in [6, 6.07) is 11.8. The summed E-state index contributed by atoms with van der Waals surface area (Å²) in [5, 5.41) is 0. The average molecular weight is 374 g/mol. The van der Waals surface area contributed by atoms with E-state index in [1.807, 2.05) is 13.8 Å². The highest BCUT2D eigenvalue weighted by Crippen LogP contribution is 2.34. The number of ether oxygens (including phenoxy) is 1. The normalized spacial score (nSPS) is 16.3. The Morgan fingerprint density at radius 2 is 2.00 bits per heavy atom. The van der Waals surface area contributed by atoms with Gasteiger partial charge in [0, 0.05) is 18.7 Å². The molecule has 1 N–H and O–H groups in total. The number of benzene rings is 2. The molecule has 0 aliphatic carbocycles. The van der Waals surface area contributed by atoms with Crippen LogP contribution in [0, 0.1) is 0 Å². The van der Waals surface area contributed by atoms with Crippen LogP contribution in [0.5, 0.6) is 5.75 Å². The molecule has 0 fully saturated rings. The van der Waals surface area contributed by atoms with Gasteiger partial charge in [0.2, 0.25) is 5.91 Å². The van der Waals surface area contributed by atoms with E-state index >= 15 is 0 Å². The van der Waals surface area contributed by atoms with Crippen molar-refractivity contribution in [3.8, 4) is 5.75 Å². The molecule has 0 unspecified atom stereocenters. The number of hydrogen-bond donors (Lipinski definition) is 1. The van der Waals surface area contributed by atoms with Gasteiger partial charge < -0.3 is 9.64 Å². The first kappa shape index (κ1) is 18.3. The van der Waals surface area contributed by atoms with Crippen LogP contribution in [0.15, 0.2) is 47.4 Å². The van der Waals surface area contributed by atoms with E-state index in [-0.39, 0.29) is 16.8 Å². The minimum Gasteiger partial charge on any atom is -0.492 e. The number of rotatable bonds is 5. The van der Waals surface area contributed by atoms with Gasteiger partial charge in [-0.1, -0.05) is 12.1 Å². The zero-order chi connectivity index (χ0) is 18.9. The molecule has 1 heterocycles. The minimum atomic E-state index is -3.76. The fourth-order valence-corrected chi connectivity index (χ4v) is 4.41. The van der Waals surface area contributed by atoms with Gasteiger partial charge in [-0.2, -0.15) is 0 Å². The average Bonchev–Trinajstić information content (AvgIpc) is 2.91. The Kier molecular flexibility index (Phi) is 4.91. The van der Waals surface area contributed by atoms with Gasteiger partial charge in [-0.3, -0.25) is 9.52 Å². The van der Waals surface area contributed by atoms with E-state index in [0.29, 0.717) is 24.5 Å². The number of fused-ring (bicyclic) bond motifs is 1. The predicted octanol–water partition coefficient (Wildman–Crippen LogP) is 3.18. The van der Waals surface area contributed by atoms with Crippen LogP contribution in [0.25, 0.3) is 0 Å². The lowest BCUT2D eigenvalue weighted by atomic mass is 10.1. The summed E-state index contributed by atoms with van der Waals surface area (Å²) in [6.07, 6.45) is 0.633. The molecule has 0 radical (unpaired) electrons. The van der Waals surface area contributed by atoms with Crippen LogP contribution in [0.1, 0.15) is 26.3 Å². The topological polar surface area (TPSA) is 75.7 Å². The Morgan fingerprint density at radius 1 is 1.27 bits per heavy atom. The number of nitrogens with zero attached hydrogens (tertiary/aromatic N) is 1. The van der Waals surface area contributed by atoms with Gasteiger partial charge in [-0.25, -0.2) is 8.42 Å². The third kappa shape index (κ3) is 3.39. The molecule has 7 heteroatoms. The lowest BCUT2D eigenvalue weighted by Gasteiger charge is -2.20. The molecule has 0 bridgehead atoms. The van der Waals surface area contributed by atoms with Crippen LogP contribution in [-0.2, 0) is 21.2 Å². The highest BCUT2D eigenvalue weighted by atomic mass is 32.2. The molecule has 1 aliphatic rings. The van der Waals surface area contributed by atoms with Gasteiger partial charge in [0.15, 0.2) is 0 Å². The second-order valence-electron chi connectivity index (χ2n) is 6.27. The molecule has 2 aromatic rings. The van der Waals surface area contributed by atoms with Crippen molar-refractivity contribution in [2.75, 3.05) is 16.2 Å². The van der Waals surface area contributed by atoms with E-state index in [1.165, 1.54) is 13.0 Å². The van der Waals surface area contributed by atoms with Gasteiger partial charge >= 0.3 is 0 Å². The highest BCUT2D eigenvalue weighted by molar-refractivity contribution is 7.92. The fraction of sp³-hybridized carbons (Fsp3) is 0.316. The summed E-state index contributed by atoms with van der Waals surface area (Å²) in [6.45, 7) is 5.75. The second kappa shape index (κ2) is 6.99. The molecule has 1 amide bonds. The van der Waals surface area contributed by atoms with E-state index < -0.39 is 10.0 Å². The Balaban J connectivity index is 1.93. The Bertz CT molecular complexity index is 940. The van der Waals surface area contributed by atoms with Crippen LogP contribution >= 0.6 is 0 Å². The van der Waals surface area contributed by atoms with Crippen molar-refractivity contribution >= 4 is 27.3 Å². The first-order valence-corrected chi connectivity index (χ1v) is 9.99. The maximum atomic E-state index is 12.8. The van der Waals surface area contributed by atoms with Crippen LogP contribution in [0.2, 0.25) is 0 Å². The number of para-hydroxylation sites is 2. The summed E-state index contributed by atoms with van der Waals surface area (Å²) in [5.74, 6) is 0.437. The summed E-state index contributed by atoms with van der Waals surface area (Å²) in [7, 11) is -3.76. The lowest BCUT2D eigenvalue weighted by Crippen LogP contribution is -2.33. The van der Waals surface area contributed by atoms with Gasteiger partial charge in [0.25, 0.3) is 10.0 Å². The summed E-state index contributed by atoms with van der Waals surface area (Å²) < 4.78 is 33.7. The molecule has 2 aromatic carbocycles. The Hall–Kier alpha value is -2.54. The number of anilines is 2. The molecular weight excluding hydrogens is 352 g/mol. The quantitative estimate of drug-likeness (QED) is 0.872. The molecule has 1 aliphatic heterocycles. The largest absolute Gasteiger partial charge is 0.492 e. The summed E-state index contributed by atoms with van der Waals surface area (Å²) in [5.41, 5.74) is 2.03. The Labute approximate surface area is 153 Å². The zero-order valence-corrected chi connectivity index (χ0v) is 15.8. The van der Waals surface area contributed by atoms with E-state index in [9.17, 15) is 13.2 Å². The molecule has 0 saturated heterocycles. The predicted molar refractivity (Wildman–Crippen MR) is 101 cm³/mol. The third-order valence-corrected chi connectivity index (χ3v) is 5.71. The zero-order valence-electron chi connectivity index (χ0n) is 15.0. The van der Waals surface area contributed by atoms with E-state index in [0.717, 1.165) is 11.3 Å². The third-order valence-electron chi connectivity index (χ3n) is 4.35. The maximum Gasteiger partial charge on any atom is 0.262 e. The maximum absolute atomic E-state index is 12.8. The number of sulfonamides is 1. The molecule has 26 heavy (non-hydrogen) atoms. The van der Waals surface area contributed by atoms with Crippen LogP contribution in [0.3, 0.4) is 0 Å². The monoisotopic (exact) mass is 374 g/mol. The standard InChI is InChI=1S/C19H22N2O4S/c1-4-25-19-8-6-5-7-17(19)20-26(23,24)16-9-10-18-15(12-16)11-13(2)21(18)14(3)22/h5-10,12-13,20H,4,11H2,1-3H3/t13-/m0/s1. The minimum absolute atomic E-state index is 0.0205. The summed E-state index contributed by atoms with van der Waals surface area (Å²) in [4.78, 5) is 13.7. The number of hydrogen-bond acceptors (Lipinski definition) is 4. The molecule has 138 valence electrons. The van der Waals surface area contributed by atoms with Crippen molar-refractivity contribution in [1.82, 2.24) is 0 Å². The molecule has 0 spiro atoms. The van der Waals surface area contributed by atoms with Gasteiger partial charge in [-0.15, -0.1) is 0 Å². The van der Waals surface area contributed by atoms with Crippen molar-refractivity contribution in [3.63, 3.8) is 0 Å². The first-order chi connectivity index (χ1) is 12.3. The van der Waals surface area contributed by atoms with E-state index in [1.54, 1.807) is 41.3 Å². The summed E-state index contributed by atoms with van der Waals surface area (Å²) >= 11 is 0. The van der Waals surface area contributed by atoms with Crippen molar-refractivity contribution in [3.05, 3.63) is 48.0 Å². The lowest BCUT2D eigenvalue weighted by molar-refractivity contribution is -0.116. The van der Waals surface area contributed by atoms with Crippen LogP contribution in [0.4, 0.5) is 11.4 Å². The highest BCUT2D eigenvalue weighted by Gasteiger charge is 2.30. The fourth-order valence-electron chi connectivity index (χ4n) is 3.29. The van der Waals surface area contributed by atoms with Crippen molar-refractivity contribution in [1.29, 1.82) is 0 Å². The first-order valence-electron chi connectivity index (χ1n) is 8.51. The van der Waals surface area contributed by atoms with Crippen LogP contribution in [-0.4, -0.2) is 27.0 Å². The molecule has 1 atom stereocenters. The molecule has 6 nitrogen and oxygen atoms in total. The van der Waals surface area contributed by atoms with Crippen molar-refractivity contribution < 1.29 is 17.9 Å². The van der Waals surface area contributed by atoms with Crippen LogP contribution < -0.4 is 14.4 Å². The number of nitrogens with one attached hydrogen (secondary N) is 1.